The molecule has 0 spiro atoms. The largest absolute Gasteiger partial charge is 0.494 e. The molecule has 4 heteroatoms. The average Bonchev–Trinajstić information content (AvgIpc) is 2.90. The highest BCUT2D eigenvalue weighted by atomic mass is 16.5. The van der Waals surface area contributed by atoms with Crippen LogP contribution in [0.15, 0.2) is 72.8 Å². The molecule has 0 amide bonds. The lowest BCUT2D eigenvalue weighted by atomic mass is 9.96. The number of hydrogen-bond acceptors (Lipinski definition) is 4. The van der Waals surface area contributed by atoms with Gasteiger partial charge in [0.25, 0.3) is 0 Å². The number of aryl methyl sites for hydroxylation is 2. The molecule has 0 bridgehead atoms. The average molecular weight is 482 g/mol. The maximum Gasteiger partial charge on any atom is 0.122 e. The normalized spacial score (nSPS) is 14.1. The molecule has 0 N–H and O–H groups in total. The van der Waals surface area contributed by atoms with Crippen molar-refractivity contribution in [2.45, 2.75) is 20.8 Å². The van der Waals surface area contributed by atoms with Crippen molar-refractivity contribution in [3.05, 3.63) is 101 Å². The van der Waals surface area contributed by atoms with E-state index in [1.807, 2.05) is 32.0 Å². The molecule has 1 fully saturated rings. The summed E-state index contributed by atoms with van der Waals surface area (Å²) in [5.41, 5.74) is 6.79. The second kappa shape index (κ2) is 13.0. The van der Waals surface area contributed by atoms with Crippen molar-refractivity contribution in [2.75, 3.05) is 46.1 Å². The molecule has 1 aliphatic rings. The van der Waals surface area contributed by atoms with Gasteiger partial charge in [0, 0.05) is 18.7 Å². The quantitative estimate of drug-likeness (QED) is 0.375. The van der Waals surface area contributed by atoms with Gasteiger partial charge in [0.15, 0.2) is 0 Å². The van der Waals surface area contributed by atoms with E-state index >= 15 is 0 Å². The van der Waals surface area contributed by atoms with Crippen molar-refractivity contribution in [1.82, 2.24) is 4.90 Å². The molecule has 0 aromatic heterocycles. The van der Waals surface area contributed by atoms with Crippen LogP contribution >= 0.6 is 0 Å². The standard InChI is InChI=1S/C32H35NO3/c1-4-35-32-16-15-30(24-26(32)3)36-21-17-31(28-11-7-25(2)8-12-28)29-13-9-27(10-14-29)6-5-18-33-19-22-34-23-20-33/h7-17,24H,4,18-23H2,1-3H3/b31-17-. The van der Waals surface area contributed by atoms with Crippen LogP contribution in [0.1, 0.15) is 34.7 Å². The maximum atomic E-state index is 6.08. The molecule has 0 atom stereocenters. The fourth-order valence-corrected chi connectivity index (χ4v) is 4.13. The van der Waals surface area contributed by atoms with Gasteiger partial charge in [0.05, 0.1) is 26.4 Å². The van der Waals surface area contributed by atoms with E-state index in [1.54, 1.807) is 0 Å². The topological polar surface area (TPSA) is 30.9 Å². The second-order valence-electron chi connectivity index (χ2n) is 8.92. The van der Waals surface area contributed by atoms with Crippen molar-refractivity contribution in [1.29, 1.82) is 0 Å². The predicted octanol–water partition coefficient (Wildman–Crippen LogP) is 5.90. The van der Waals surface area contributed by atoms with Crippen molar-refractivity contribution >= 4 is 5.57 Å². The highest BCUT2D eigenvalue weighted by Crippen LogP contribution is 2.26. The summed E-state index contributed by atoms with van der Waals surface area (Å²) < 4.78 is 17.1. The van der Waals surface area contributed by atoms with Crippen LogP contribution in [0.4, 0.5) is 0 Å². The Morgan fingerprint density at radius 3 is 2.28 bits per heavy atom. The van der Waals surface area contributed by atoms with E-state index in [0.29, 0.717) is 13.2 Å². The van der Waals surface area contributed by atoms with Gasteiger partial charge in [-0.15, -0.1) is 0 Å². The number of morpholine rings is 1. The Balaban J connectivity index is 1.48. The Morgan fingerprint density at radius 2 is 1.61 bits per heavy atom. The van der Waals surface area contributed by atoms with Crippen LogP contribution in [-0.2, 0) is 4.74 Å². The minimum absolute atomic E-state index is 0.470. The second-order valence-corrected chi connectivity index (χ2v) is 8.92. The summed E-state index contributed by atoms with van der Waals surface area (Å²) in [7, 11) is 0. The molecule has 3 aromatic carbocycles. The van der Waals surface area contributed by atoms with Gasteiger partial charge >= 0.3 is 0 Å². The summed E-state index contributed by atoms with van der Waals surface area (Å²) in [4.78, 5) is 2.33. The number of ether oxygens (including phenoxy) is 3. The zero-order valence-electron chi connectivity index (χ0n) is 21.5. The van der Waals surface area contributed by atoms with Crippen molar-refractivity contribution in [3.8, 4) is 23.3 Å². The number of benzene rings is 3. The molecule has 186 valence electrons. The Hall–Kier alpha value is -3.52. The third-order valence-corrected chi connectivity index (χ3v) is 6.18. The molecule has 4 rings (SSSR count). The number of rotatable bonds is 8. The molecule has 0 radical (unpaired) electrons. The fourth-order valence-electron chi connectivity index (χ4n) is 4.13. The van der Waals surface area contributed by atoms with Gasteiger partial charge in [0.2, 0.25) is 0 Å². The lowest BCUT2D eigenvalue weighted by Crippen LogP contribution is -2.36. The van der Waals surface area contributed by atoms with Gasteiger partial charge in [-0.1, -0.05) is 53.8 Å². The minimum Gasteiger partial charge on any atom is -0.494 e. The van der Waals surface area contributed by atoms with E-state index in [2.05, 4.69) is 78.3 Å². The fraction of sp³-hybridized carbons (Fsp3) is 0.312. The Bertz CT molecular complexity index is 1210. The highest BCUT2D eigenvalue weighted by Gasteiger charge is 2.08. The molecular formula is C32H35NO3. The SMILES string of the molecule is CCOc1ccc(OC/C=C(/c2ccc(C)cc2)c2ccc(C#CCN3CCOCC3)cc2)cc1C. The zero-order chi connectivity index (χ0) is 25.2. The van der Waals surface area contributed by atoms with Crippen LogP contribution in [0.2, 0.25) is 0 Å². The summed E-state index contributed by atoms with van der Waals surface area (Å²) in [6.07, 6.45) is 2.15. The summed E-state index contributed by atoms with van der Waals surface area (Å²) in [6.45, 7) is 11.5. The van der Waals surface area contributed by atoms with Crippen LogP contribution in [0.3, 0.4) is 0 Å². The Morgan fingerprint density at radius 1 is 0.917 bits per heavy atom. The van der Waals surface area contributed by atoms with E-state index < -0.39 is 0 Å². The third kappa shape index (κ3) is 7.24. The maximum absolute atomic E-state index is 6.08. The highest BCUT2D eigenvalue weighted by molar-refractivity contribution is 5.80. The Labute approximate surface area is 215 Å². The first-order valence-electron chi connectivity index (χ1n) is 12.6. The van der Waals surface area contributed by atoms with Gasteiger partial charge in [-0.05, 0) is 79.4 Å². The van der Waals surface area contributed by atoms with E-state index in [4.69, 9.17) is 14.2 Å². The summed E-state index contributed by atoms with van der Waals surface area (Å²) >= 11 is 0. The van der Waals surface area contributed by atoms with E-state index in [-0.39, 0.29) is 0 Å². The van der Waals surface area contributed by atoms with E-state index in [1.165, 1.54) is 11.1 Å². The van der Waals surface area contributed by atoms with E-state index in [9.17, 15) is 0 Å². The first kappa shape index (κ1) is 25.6. The van der Waals surface area contributed by atoms with Gasteiger partial charge in [-0.3, -0.25) is 4.90 Å². The van der Waals surface area contributed by atoms with Gasteiger partial charge in [0.1, 0.15) is 18.1 Å². The number of nitrogens with zero attached hydrogens (tertiary/aromatic N) is 1. The minimum atomic E-state index is 0.470. The lowest BCUT2D eigenvalue weighted by Gasteiger charge is -2.24. The molecule has 4 nitrogen and oxygen atoms in total. The Kier molecular flexibility index (Phi) is 9.21. The van der Waals surface area contributed by atoms with Crippen LogP contribution < -0.4 is 9.47 Å². The molecule has 36 heavy (non-hydrogen) atoms. The van der Waals surface area contributed by atoms with E-state index in [0.717, 1.165) is 66.6 Å². The van der Waals surface area contributed by atoms with Crippen LogP contribution in [0, 0.1) is 25.7 Å². The number of hydrogen-bond donors (Lipinski definition) is 0. The van der Waals surface area contributed by atoms with Crippen LogP contribution in [-0.4, -0.2) is 51.0 Å². The summed E-state index contributed by atoms with van der Waals surface area (Å²) in [5, 5.41) is 0. The monoisotopic (exact) mass is 481 g/mol. The zero-order valence-corrected chi connectivity index (χ0v) is 21.5. The van der Waals surface area contributed by atoms with Crippen molar-refractivity contribution in [3.63, 3.8) is 0 Å². The smallest absolute Gasteiger partial charge is 0.122 e. The van der Waals surface area contributed by atoms with Crippen molar-refractivity contribution < 1.29 is 14.2 Å². The first-order valence-corrected chi connectivity index (χ1v) is 12.6. The van der Waals surface area contributed by atoms with Crippen LogP contribution in [0.5, 0.6) is 11.5 Å². The summed E-state index contributed by atoms with van der Waals surface area (Å²) in [6, 6.07) is 23.1. The molecular weight excluding hydrogens is 446 g/mol. The van der Waals surface area contributed by atoms with Gasteiger partial charge < -0.3 is 14.2 Å². The van der Waals surface area contributed by atoms with Gasteiger partial charge in [-0.25, -0.2) is 0 Å². The van der Waals surface area contributed by atoms with Crippen LogP contribution in [0.25, 0.3) is 5.57 Å². The van der Waals surface area contributed by atoms with Gasteiger partial charge in [-0.2, -0.15) is 0 Å². The lowest BCUT2D eigenvalue weighted by molar-refractivity contribution is 0.0443. The third-order valence-electron chi connectivity index (χ3n) is 6.18. The molecule has 1 heterocycles. The summed E-state index contributed by atoms with van der Waals surface area (Å²) in [5.74, 6) is 8.34. The molecule has 1 saturated heterocycles. The molecule has 0 aliphatic carbocycles. The first-order chi connectivity index (χ1) is 17.6. The molecule has 3 aromatic rings. The molecule has 1 aliphatic heterocycles. The molecule has 0 saturated carbocycles. The molecule has 0 unspecified atom stereocenters. The van der Waals surface area contributed by atoms with Crippen molar-refractivity contribution in [2.24, 2.45) is 0 Å². The predicted molar refractivity (Wildman–Crippen MR) is 147 cm³/mol.